The fourth-order valence-corrected chi connectivity index (χ4v) is 8.29. The molecule has 2 aliphatic carbocycles. The lowest BCUT2D eigenvalue weighted by molar-refractivity contribution is -0.278. The van der Waals surface area contributed by atoms with Gasteiger partial charge in [0.25, 0.3) is 0 Å². The SMILES string of the molecule is COC(O[C@H]1CC[C@@]2(C)C(C[C@H](O)[C@@]3(C)Oc4cc(-c5cccnc5)oc(=O)c4[C@H](O)C23)C1(C)C)c1ccccc1. The van der Waals surface area contributed by atoms with Gasteiger partial charge in [-0.1, -0.05) is 51.1 Å². The Labute approximate surface area is 240 Å². The van der Waals surface area contributed by atoms with Gasteiger partial charge in [0.1, 0.15) is 22.7 Å². The molecule has 0 amide bonds. The van der Waals surface area contributed by atoms with Crippen molar-refractivity contribution in [3.05, 3.63) is 82.5 Å². The van der Waals surface area contributed by atoms with Gasteiger partial charge < -0.3 is 28.8 Å². The molecule has 3 aromatic rings. The Morgan fingerprint density at radius 3 is 2.51 bits per heavy atom. The zero-order chi connectivity index (χ0) is 29.2. The van der Waals surface area contributed by atoms with Gasteiger partial charge in [-0.3, -0.25) is 4.98 Å². The molecule has 2 fully saturated rings. The number of hydrogen-bond donors (Lipinski definition) is 2. The van der Waals surface area contributed by atoms with Crippen LogP contribution in [0.4, 0.5) is 0 Å². The Kier molecular flexibility index (Phi) is 6.89. The topological polar surface area (TPSA) is 111 Å². The molecule has 1 aliphatic heterocycles. The van der Waals surface area contributed by atoms with Gasteiger partial charge in [-0.15, -0.1) is 0 Å². The van der Waals surface area contributed by atoms with E-state index in [2.05, 4.69) is 25.8 Å². The van der Waals surface area contributed by atoms with Crippen LogP contribution in [0.3, 0.4) is 0 Å². The minimum Gasteiger partial charge on any atom is -0.484 e. The van der Waals surface area contributed by atoms with Gasteiger partial charge >= 0.3 is 5.63 Å². The van der Waals surface area contributed by atoms with Gasteiger partial charge in [0.05, 0.1) is 18.3 Å². The van der Waals surface area contributed by atoms with Gasteiger partial charge in [-0.2, -0.15) is 0 Å². The van der Waals surface area contributed by atoms with Gasteiger partial charge in [0, 0.05) is 42.6 Å². The summed E-state index contributed by atoms with van der Waals surface area (Å²) in [4.78, 5) is 17.5. The van der Waals surface area contributed by atoms with Crippen molar-refractivity contribution in [1.82, 2.24) is 4.98 Å². The molecular formula is C33H39NO7. The molecule has 0 bridgehead atoms. The van der Waals surface area contributed by atoms with Crippen molar-refractivity contribution in [2.75, 3.05) is 7.11 Å². The van der Waals surface area contributed by atoms with E-state index in [9.17, 15) is 15.0 Å². The molecule has 8 heteroatoms. The minimum atomic E-state index is -1.17. The number of rotatable bonds is 5. The maximum atomic E-state index is 13.3. The molecule has 2 N–H and O–H groups in total. The molecule has 0 spiro atoms. The summed E-state index contributed by atoms with van der Waals surface area (Å²) in [7, 11) is 1.64. The Hall–Kier alpha value is -3.04. The van der Waals surface area contributed by atoms with Crippen molar-refractivity contribution in [1.29, 1.82) is 0 Å². The number of aromatic nitrogens is 1. The third kappa shape index (κ3) is 4.35. The average molecular weight is 562 g/mol. The average Bonchev–Trinajstić information content (AvgIpc) is 2.95. The lowest BCUT2D eigenvalue weighted by atomic mass is 9.43. The number of ether oxygens (including phenoxy) is 3. The standard InChI is InChI=1S/C33H39NO7/c1-31(2)23-17-24(35)33(4)28(32(23,3)14-13-25(31)40-30(38-5)19-10-7-6-8-11-19)27(36)26-22(41-33)16-21(39-29(26)37)20-12-9-15-34-18-20/h6-12,15-16,18,23-25,27-28,30,35-36H,13-14,17H2,1-5H3/t23?,24-,25-,27-,28?,30?,32-,33+/m0/s1. The van der Waals surface area contributed by atoms with Gasteiger partial charge in [0.15, 0.2) is 6.29 Å². The quantitative estimate of drug-likeness (QED) is 0.396. The third-order valence-corrected chi connectivity index (χ3v) is 10.3. The van der Waals surface area contributed by atoms with E-state index in [1.54, 1.807) is 37.7 Å². The molecule has 3 aliphatic rings. The molecule has 218 valence electrons. The lowest BCUT2D eigenvalue weighted by Gasteiger charge is -2.66. The van der Waals surface area contributed by atoms with Crippen LogP contribution in [0.2, 0.25) is 0 Å². The highest BCUT2D eigenvalue weighted by Gasteiger charge is 2.68. The first-order valence-electron chi connectivity index (χ1n) is 14.4. The number of benzene rings is 1. The summed E-state index contributed by atoms with van der Waals surface area (Å²) in [6, 6.07) is 15.0. The van der Waals surface area contributed by atoms with Crippen LogP contribution < -0.4 is 10.4 Å². The van der Waals surface area contributed by atoms with Crippen LogP contribution in [0.25, 0.3) is 11.3 Å². The second-order valence-electron chi connectivity index (χ2n) is 12.9. The van der Waals surface area contributed by atoms with Crippen LogP contribution in [0.1, 0.15) is 70.5 Å². The van der Waals surface area contributed by atoms with E-state index in [0.29, 0.717) is 17.7 Å². The van der Waals surface area contributed by atoms with Crippen molar-refractivity contribution in [3.8, 4) is 17.1 Å². The summed E-state index contributed by atoms with van der Waals surface area (Å²) in [6.45, 7) is 8.37. The van der Waals surface area contributed by atoms with E-state index in [-0.39, 0.29) is 28.7 Å². The number of aliphatic hydroxyl groups is 2. The second kappa shape index (κ2) is 10.1. The van der Waals surface area contributed by atoms with Crippen LogP contribution in [0, 0.1) is 22.7 Å². The summed E-state index contributed by atoms with van der Waals surface area (Å²) in [5.74, 6) is -0.0301. The number of aliphatic hydroxyl groups excluding tert-OH is 2. The van der Waals surface area contributed by atoms with Crippen LogP contribution in [-0.2, 0) is 9.47 Å². The first kappa shape index (κ1) is 28.1. The number of pyridine rings is 1. The monoisotopic (exact) mass is 561 g/mol. The fraction of sp³-hybridized carbons (Fsp3) is 0.515. The Balaban J connectivity index is 1.36. The smallest absolute Gasteiger partial charge is 0.345 e. The van der Waals surface area contributed by atoms with Crippen molar-refractivity contribution in [2.45, 2.75) is 77.2 Å². The predicted molar refractivity (Wildman–Crippen MR) is 152 cm³/mol. The number of methoxy groups -OCH3 is 1. The van der Waals surface area contributed by atoms with Gasteiger partial charge in [-0.25, -0.2) is 4.79 Å². The molecule has 0 radical (unpaired) electrons. The van der Waals surface area contributed by atoms with E-state index in [4.69, 9.17) is 18.6 Å². The van der Waals surface area contributed by atoms with Crippen LogP contribution >= 0.6 is 0 Å². The summed E-state index contributed by atoms with van der Waals surface area (Å²) in [6.07, 6.45) is 2.44. The number of hydrogen-bond acceptors (Lipinski definition) is 8. The summed E-state index contributed by atoms with van der Waals surface area (Å²) in [5.41, 5.74) is -0.916. The highest BCUT2D eigenvalue weighted by atomic mass is 16.7. The predicted octanol–water partition coefficient (Wildman–Crippen LogP) is 5.44. The number of fused-ring (bicyclic) bond motifs is 4. The highest BCUT2D eigenvalue weighted by Crippen LogP contribution is 2.67. The molecule has 1 aromatic carbocycles. The largest absolute Gasteiger partial charge is 0.484 e. The third-order valence-electron chi connectivity index (χ3n) is 10.3. The van der Waals surface area contributed by atoms with Crippen molar-refractivity contribution >= 4 is 0 Å². The molecule has 3 unspecified atom stereocenters. The zero-order valence-electron chi connectivity index (χ0n) is 24.2. The highest BCUT2D eigenvalue weighted by molar-refractivity contribution is 5.59. The molecule has 8 nitrogen and oxygen atoms in total. The molecule has 41 heavy (non-hydrogen) atoms. The van der Waals surface area contributed by atoms with E-state index >= 15 is 0 Å². The van der Waals surface area contributed by atoms with Crippen molar-refractivity contribution in [3.63, 3.8) is 0 Å². The van der Waals surface area contributed by atoms with Crippen molar-refractivity contribution < 1.29 is 28.8 Å². The fourth-order valence-electron chi connectivity index (χ4n) is 8.29. The van der Waals surface area contributed by atoms with Crippen LogP contribution in [-0.4, -0.2) is 40.1 Å². The van der Waals surface area contributed by atoms with Crippen LogP contribution in [0.5, 0.6) is 5.75 Å². The van der Waals surface area contributed by atoms with E-state index in [1.807, 2.05) is 37.3 Å². The Bertz CT molecular complexity index is 1460. The Morgan fingerprint density at radius 2 is 1.83 bits per heavy atom. The molecule has 2 aromatic heterocycles. The second-order valence-corrected chi connectivity index (χ2v) is 12.9. The summed E-state index contributed by atoms with van der Waals surface area (Å²) in [5, 5.41) is 23.7. The molecule has 6 rings (SSSR count). The normalized spacial score (nSPS) is 34.5. The maximum Gasteiger partial charge on any atom is 0.345 e. The molecule has 0 saturated heterocycles. The van der Waals surface area contributed by atoms with E-state index < -0.39 is 41.1 Å². The van der Waals surface area contributed by atoms with E-state index in [0.717, 1.165) is 18.4 Å². The van der Waals surface area contributed by atoms with Crippen molar-refractivity contribution in [2.24, 2.45) is 22.7 Å². The minimum absolute atomic E-state index is 0.0309. The first-order chi connectivity index (χ1) is 19.5. The van der Waals surface area contributed by atoms with E-state index in [1.165, 1.54) is 0 Å². The summed E-state index contributed by atoms with van der Waals surface area (Å²) < 4.78 is 24.6. The Morgan fingerprint density at radius 1 is 1.07 bits per heavy atom. The molecule has 8 atom stereocenters. The first-order valence-corrected chi connectivity index (χ1v) is 14.4. The molecule has 2 saturated carbocycles. The molecule has 3 heterocycles. The molecular weight excluding hydrogens is 522 g/mol. The zero-order valence-corrected chi connectivity index (χ0v) is 24.2. The van der Waals surface area contributed by atoms with Gasteiger partial charge in [-0.05, 0) is 55.1 Å². The van der Waals surface area contributed by atoms with Crippen LogP contribution in [0.15, 0.2) is 70.1 Å². The lowest BCUT2D eigenvalue weighted by Crippen LogP contribution is -2.70. The number of nitrogens with zero attached hydrogens (tertiary/aromatic N) is 1. The van der Waals surface area contributed by atoms with Gasteiger partial charge in [0.2, 0.25) is 0 Å². The summed E-state index contributed by atoms with van der Waals surface area (Å²) >= 11 is 0. The maximum absolute atomic E-state index is 13.3.